The molecule has 0 fully saturated rings. The van der Waals surface area contributed by atoms with Gasteiger partial charge in [-0.3, -0.25) is 4.98 Å². The van der Waals surface area contributed by atoms with Crippen molar-refractivity contribution >= 4 is 27.9 Å². The Kier molecular flexibility index (Phi) is 3.94. The Morgan fingerprint density at radius 2 is 2.11 bits per heavy atom. The molecule has 0 saturated heterocycles. The summed E-state index contributed by atoms with van der Waals surface area (Å²) in [6.07, 6.45) is 2.85. The molecule has 0 amide bonds. The van der Waals surface area contributed by atoms with Crippen LogP contribution >= 0.6 is 0 Å². The Labute approximate surface area is 151 Å². The van der Waals surface area contributed by atoms with Crippen molar-refractivity contribution in [2.75, 3.05) is 0 Å². The molecule has 136 valence electrons. The van der Waals surface area contributed by atoms with Gasteiger partial charge in [-0.05, 0) is 26.0 Å². The highest BCUT2D eigenvalue weighted by atomic mass is 19.1. The first-order chi connectivity index (χ1) is 13.0. The van der Waals surface area contributed by atoms with E-state index in [4.69, 9.17) is 5.21 Å². The summed E-state index contributed by atoms with van der Waals surface area (Å²) in [7, 11) is 0. The minimum atomic E-state index is -0.851. The van der Waals surface area contributed by atoms with Crippen LogP contribution in [0.1, 0.15) is 31.1 Å². The first kappa shape index (κ1) is 16.9. The number of nitrogens with zero attached hydrogens (tertiary/aromatic N) is 7. The maximum absolute atomic E-state index is 15.0. The van der Waals surface area contributed by atoms with E-state index in [1.807, 2.05) is 0 Å². The molecule has 8 nitrogen and oxygen atoms in total. The number of fused-ring (bicyclic) bond motifs is 2. The molecule has 0 radical (unpaired) electrons. The van der Waals surface area contributed by atoms with Gasteiger partial charge in [0.15, 0.2) is 5.65 Å². The van der Waals surface area contributed by atoms with Crippen LogP contribution in [0, 0.1) is 11.6 Å². The van der Waals surface area contributed by atoms with E-state index in [1.165, 1.54) is 29.2 Å². The molecule has 0 aliphatic carbocycles. The number of aromatic nitrogens is 6. The minimum Gasteiger partial charge on any atom is -0.411 e. The molecule has 1 atom stereocenters. The van der Waals surface area contributed by atoms with Crippen molar-refractivity contribution in [2.45, 2.75) is 19.9 Å². The third kappa shape index (κ3) is 2.65. The smallest absolute Gasteiger partial charge is 0.221 e. The number of hydrogen-bond acceptors (Lipinski definition) is 7. The second-order valence-corrected chi connectivity index (χ2v) is 5.95. The normalized spacial score (nSPS) is 13.4. The summed E-state index contributed by atoms with van der Waals surface area (Å²) in [5.41, 5.74) is 1.00. The number of benzene rings is 1. The Morgan fingerprint density at radius 3 is 2.89 bits per heavy atom. The van der Waals surface area contributed by atoms with E-state index in [0.29, 0.717) is 5.69 Å². The number of hydrogen-bond donors (Lipinski definition) is 1. The maximum atomic E-state index is 15.0. The summed E-state index contributed by atoms with van der Waals surface area (Å²) in [5.74, 6) is -1.46. The number of pyridine rings is 1. The first-order valence-corrected chi connectivity index (χ1v) is 8.01. The van der Waals surface area contributed by atoms with E-state index in [9.17, 15) is 4.39 Å². The topological polar surface area (TPSA) is 102 Å². The van der Waals surface area contributed by atoms with E-state index in [1.54, 1.807) is 19.9 Å². The molecule has 3 aromatic heterocycles. The molecular formula is C17H13F2N7O. The lowest BCUT2D eigenvalue weighted by Gasteiger charge is -2.15. The van der Waals surface area contributed by atoms with Crippen LogP contribution in [0.25, 0.3) is 22.2 Å². The van der Waals surface area contributed by atoms with Crippen molar-refractivity contribution in [1.82, 2.24) is 29.9 Å². The molecule has 0 bridgehead atoms. The number of oxime groups is 1. The van der Waals surface area contributed by atoms with Gasteiger partial charge in [-0.2, -0.15) is 0 Å². The van der Waals surface area contributed by atoms with E-state index in [0.717, 1.165) is 0 Å². The van der Waals surface area contributed by atoms with Crippen molar-refractivity contribution in [3.63, 3.8) is 0 Å². The molecule has 1 aromatic carbocycles. The summed E-state index contributed by atoms with van der Waals surface area (Å²) < 4.78 is 30.9. The van der Waals surface area contributed by atoms with Crippen LogP contribution in [-0.2, 0) is 0 Å². The van der Waals surface area contributed by atoms with Crippen LogP contribution in [0.5, 0.6) is 0 Å². The van der Waals surface area contributed by atoms with Gasteiger partial charge >= 0.3 is 0 Å². The molecule has 27 heavy (non-hydrogen) atoms. The molecule has 3 heterocycles. The lowest BCUT2D eigenvalue weighted by atomic mass is 10.0. The summed E-state index contributed by atoms with van der Waals surface area (Å²) in [5, 5.41) is 20.1. The lowest BCUT2D eigenvalue weighted by molar-refractivity contribution is 0.319. The first-order valence-electron chi connectivity index (χ1n) is 8.01. The van der Waals surface area contributed by atoms with E-state index in [-0.39, 0.29) is 33.5 Å². The average molecular weight is 369 g/mol. The highest BCUT2D eigenvalue weighted by molar-refractivity contribution is 5.97. The largest absolute Gasteiger partial charge is 0.411 e. The zero-order valence-electron chi connectivity index (χ0n) is 14.3. The third-order valence-corrected chi connectivity index (χ3v) is 4.33. The van der Waals surface area contributed by atoms with Crippen molar-refractivity contribution in [3.05, 3.63) is 53.5 Å². The van der Waals surface area contributed by atoms with Crippen molar-refractivity contribution in [1.29, 1.82) is 0 Å². The molecule has 0 saturated carbocycles. The monoisotopic (exact) mass is 369 g/mol. The van der Waals surface area contributed by atoms with Crippen LogP contribution in [-0.4, -0.2) is 40.9 Å². The van der Waals surface area contributed by atoms with E-state index >= 15 is 4.39 Å². The van der Waals surface area contributed by atoms with Crippen molar-refractivity contribution < 1.29 is 14.0 Å². The molecule has 4 aromatic rings. The van der Waals surface area contributed by atoms with Gasteiger partial charge < -0.3 is 5.21 Å². The van der Waals surface area contributed by atoms with Gasteiger partial charge in [0.1, 0.15) is 23.0 Å². The van der Waals surface area contributed by atoms with Gasteiger partial charge in [-0.1, -0.05) is 10.4 Å². The fraction of sp³-hybridized carbons (Fsp3) is 0.176. The van der Waals surface area contributed by atoms with Crippen molar-refractivity contribution in [3.8, 4) is 0 Å². The third-order valence-electron chi connectivity index (χ3n) is 4.33. The summed E-state index contributed by atoms with van der Waals surface area (Å²) in [6, 6.07) is 3.45. The average Bonchev–Trinajstić information content (AvgIpc) is 3.10. The Morgan fingerprint density at radius 1 is 1.30 bits per heavy atom. The molecular weight excluding hydrogens is 356 g/mol. The Balaban J connectivity index is 1.91. The second-order valence-electron chi connectivity index (χ2n) is 5.95. The number of halogens is 2. The lowest BCUT2D eigenvalue weighted by Crippen LogP contribution is -2.14. The minimum absolute atomic E-state index is 0.179. The zero-order chi connectivity index (χ0) is 19.1. The van der Waals surface area contributed by atoms with Crippen LogP contribution in [0.4, 0.5) is 8.78 Å². The number of rotatable bonds is 3. The summed E-state index contributed by atoms with van der Waals surface area (Å²) in [4.78, 5) is 12.4. The predicted molar refractivity (Wildman–Crippen MR) is 92.6 cm³/mol. The molecule has 4 rings (SSSR count). The van der Waals surface area contributed by atoms with Gasteiger partial charge in [0.25, 0.3) is 0 Å². The standard InChI is InChI=1S/C17H13F2N7O/c1-8(24-27)13-7-21-16-17(22-13)26(25-23-16)9(2)14-11(18)6-12-10(15(14)19)4-3-5-20-12/h3-7,9,27H,1-2H3/b24-8-. The molecule has 10 heteroatoms. The summed E-state index contributed by atoms with van der Waals surface area (Å²) in [6.45, 7) is 3.13. The highest BCUT2D eigenvalue weighted by Gasteiger charge is 2.24. The predicted octanol–water partition coefficient (Wildman–Crippen LogP) is 2.86. The van der Waals surface area contributed by atoms with Crippen LogP contribution in [0.3, 0.4) is 0 Å². The zero-order valence-corrected chi connectivity index (χ0v) is 14.3. The molecule has 0 aliphatic heterocycles. The van der Waals surface area contributed by atoms with Gasteiger partial charge in [0.2, 0.25) is 5.65 Å². The van der Waals surface area contributed by atoms with Crippen molar-refractivity contribution in [2.24, 2.45) is 5.16 Å². The van der Waals surface area contributed by atoms with Gasteiger partial charge in [0.05, 0.1) is 17.8 Å². The van der Waals surface area contributed by atoms with E-state index < -0.39 is 17.7 Å². The Hall–Kier alpha value is -3.56. The second kappa shape index (κ2) is 6.31. The maximum Gasteiger partial charge on any atom is 0.221 e. The quantitative estimate of drug-likeness (QED) is 0.338. The molecule has 1 unspecified atom stereocenters. The Bertz CT molecular complexity index is 1200. The molecule has 0 aliphatic rings. The SMILES string of the molecule is C/C(=N/O)c1cnc2nnn(C(C)c3c(F)cc4ncccc4c3F)c2n1. The highest BCUT2D eigenvalue weighted by Crippen LogP contribution is 2.30. The molecule has 1 N–H and O–H groups in total. The fourth-order valence-corrected chi connectivity index (χ4v) is 2.89. The fourth-order valence-electron chi connectivity index (χ4n) is 2.89. The van der Waals surface area contributed by atoms with Gasteiger partial charge in [0, 0.05) is 23.2 Å². The molecule has 0 spiro atoms. The van der Waals surface area contributed by atoms with Crippen LogP contribution in [0.15, 0.2) is 35.7 Å². The van der Waals surface area contributed by atoms with Crippen LogP contribution < -0.4 is 0 Å². The van der Waals surface area contributed by atoms with E-state index in [2.05, 4.69) is 30.4 Å². The van der Waals surface area contributed by atoms with Crippen LogP contribution in [0.2, 0.25) is 0 Å². The summed E-state index contributed by atoms with van der Waals surface area (Å²) >= 11 is 0. The van der Waals surface area contributed by atoms with Gasteiger partial charge in [-0.15, -0.1) is 5.10 Å². The van der Waals surface area contributed by atoms with Gasteiger partial charge in [-0.25, -0.2) is 23.4 Å².